The minimum atomic E-state index is 0.315. The summed E-state index contributed by atoms with van der Waals surface area (Å²) in [5.41, 5.74) is 5.25. The van der Waals surface area contributed by atoms with E-state index < -0.39 is 0 Å². The van der Waals surface area contributed by atoms with E-state index in [-0.39, 0.29) is 0 Å². The van der Waals surface area contributed by atoms with Gasteiger partial charge in [0.2, 0.25) is 0 Å². The average molecular weight is 318 g/mol. The molecule has 0 saturated carbocycles. The number of nitrogens with zero attached hydrogens (tertiary/aromatic N) is 2. The molecule has 0 radical (unpaired) electrons. The van der Waals surface area contributed by atoms with E-state index in [1.165, 1.54) is 24.0 Å². The molecule has 0 N–H and O–H groups in total. The number of rotatable bonds is 5. The van der Waals surface area contributed by atoms with Crippen molar-refractivity contribution in [2.45, 2.75) is 38.6 Å². The van der Waals surface area contributed by atoms with Crippen LogP contribution in [0.25, 0.3) is 0 Å². The number of benzene rings is 2. The Kier molecular flexibility index (Phi) is 4.96. The van der Waals surface area contributed by atoms with Crippen LogP contribution in [0.1, 0.15) is 48.4 Å². The highest BCUT2D eigenvalue weighted by Gasteiger charge is 2.22. The monoisotopic (exact) mass is 318 g/mol. The van der Waals surface area contributed by atoms with E-state index in [0.717, 1.165) is 29.9 Å². The molecule has 2 aromatic rings. The maximum atomic E-state index is 9.00. The molecule has 122 valence electrons. The van der Waals surface area contributed by atoms with Gasteiger partial charge in [0.05, 0.1) is 30.5 Å². The molecular weight excluding hydrogens is 296 g/mol. The van der Waals surface area contributed by atoms with Crippen LogP contribution in [0.5, 0.6) is 5.75 Å². The molecule has 1 atom stereocenters. The van der Waals surface area contributed by atoms with Crippen molar-refractivity contribution in [3.63, 3.8) is 0 Å². The van der Waals surface area contributed by atoms with Crippen molar-refractivity contribution in [2.24, 2.45) is 4.99 Å². The van der Waals surface area contributed by atoms with Gasteiger partial charge in [0, 0.05) is 11.1 Å². The lowest BCUT2D eigenvalue weighted by Crippen LogP contribution is -2.22. The fourth-order valence-electron chi connectivity index (χ4n) is 3.19. The van der Waals surface area contributed by atoms with Crippen LogP contribution in [0.15, 0.2) is 47.5 Å². The van der Waals surface area contributed by atoms with Crippen LogP contribution >= 0.6 is 0 Å². The number of methoxy groups -OCH3 is 1. The summed E-state index contributed by atoms with van der Waals surface area (Å²) in [7, 11) is 1.70. The van der Waals surface area contributed by atoms with Crippen LogP contribution in [0, 0.1) is 11.3 Å². The molecule has 0 amide bonds. The van der Waals surface area contributed by atoms with Crippen LogP contribution in [-0.4, -0.2) is 18.9 Å². The zero-order valence-corrected chi connectivity index (χ0v) is 14.2. The van der Waals surface area contributed by atoms with Crippen LogP contribution in [-0.2, 0) is 6.42 Å². The molecule has 0 saturated heterocycles. The first-order valence-electron chi connectivity index (χ1n) is 8.50. The summed E-state index contributed by atoms with van der Waals surface area (Å²) >= 11 is 0. The van der Waals surface area contributed by atoms with Crippen molar-refractivity contribution < 1.29 is 4.74 Å². The maximum Gasteiger partial charge on any atom is 0.119 e. The van der Waals surface area contributed by atoms with E-state index in [2.05, 4.69) is 25.1 Å². The van der Waals surface area contributed by atoms with E-state index >= 15 is 0 Å². The van der Waals surface area contributed by atoms with E-state index in [0.29, 0.717) is 11.6 Å². The van der Waals surface area contributed by atoms with Gasteiger partial charge in [0.1, 0.15) is 5.75 Å². The SMILES string of the molecule is CCCC[C@H]1Cc2cc(OC)ccc2C(c2ccc(C#N)cc2)=N1. The second kappa shape index (κ2) is 7.31. The normalized spacial score (nSPS) is 16.0. The Labute approximate surface area is 143 Å². The first-order chi connectivity index (χ1) is 11.7. The molecule has 3 nitrogen and oxygen atoms in total. The minimum Gasteiger partial charge on any atom is -0.497 e. The Hall–Kier alpha value is -2.60. The number of aliphatic imine (C=N–C) groups is 1. The molecule has 0 fully saturated rings. The van der Waals surface area contributed by atoms with Crippen molar-refractivity contribution in [2.75, 3.05) is 7.11 Å². The van der Waals surface area contributed by atoms with Gasteiger partial charge in [-0.1, -0.05) is 31.9 Å². The predicted octanol–water partition coefficient (Wildman–Crippen LogP) is 4.52. The van der Waals surface area contributed by atoms with Gasteiger partial charge in [-0.3, -0.25) is 4.99 Å². The highest BCUT2D eigenvalue weighted by Crippen LogP contribution is 2.28. The number of nitriles is 1. The number of hydrogen-bond donors (Lipinski definition) is 0. The van der Waals surface area contributed by atoms with Crippen molar-refractivity contribution in [1.29, 1.82) is 5.26 Å². The average Bonchev–Trinajstić information content (AvgIpc) is 2.65. The lowest BCUT2D eigenvalue weighted by molar-refractivity contribution is 0.414. The van der Waals surface area contributed by atoms with E-state index in [4.69, 9.17) is 15.0 Å². The smallest absolute Gasteiger partial charge is 0.119 e. The third-order valence-electron chi connectivity index (χ3n) is 4.51. The minimum absolute atomic E-state index is 0.315. The Balaban J connectivity index is 2.02. The summed E-state index contributed by atoms with van der Waals surface area (Å²) in [6.45, 7) is 2.21. The number of unbranched alkanes of at least 4 members (excludes halogenated alkanes) is 1. The van der Waals surface area contributed by atoms with Gasteiger partial charge < -0.3 is 4.74 Å². The second-order valence-corrected chi connectivity index (χ2v) is 6.19. The third kappa shape index (κ3) is 3.33. The predicted molar refractivity (Wildman–Crippen MR) is 96.8 cm³/mol. The maximum absolute atomic E-state index is 9.00. The fraction of sp³-hybridized carbons (Fsp3) is 0.333. The summed E-state index contributed by atoms with van der Waals surface area (Å²) in [4.78, 5) is 5.03. The standard InChI is InChI=1S/C21H22N2O/c1-3-4-5-18-12-17-13-19(24-2)10-11-20(17)21(23-18)16-8-6-15(14-22)7-9-16/h6-11,13,18H,3-5,12H2,1-2H3/t18-/m0/s1. The Morgan fingerprint density at radius 1 is 1.21 bits per heavy atom. The Bertz CT molecular complexity index is 784. The van der Waals surface area contributed by atoms with Gasteiger partial charge in [0.25, 0.3) is 0 Å². The van der Waals surface area contributed by atoms with Gasteiger partial charge >= 0.3 is 0 Å². The van der Waals surface area contributed by atoms with Gasteiger partial charge in [-0.15, -0.1) is 0 Å². The Morgan fingerprint density at radius 3 is 2.67 bits per heavy atom. The lowest BCUT2D eigenvalue weighted by atomic mass is 9.88. The van der Waals surface area contributed by atoms with Gasteiger partial charge in [-0.05, 0) is 48.7 Å². The summed E-state index contributed by atoms with van der Waals surface area (Å²) in [6.07, 6.45) is 4.44. The Morgan fingerprint density at radius 2 is 2.00 bits per heavy atom. The topological polar surface area (TPSA) is 45.4 Å². The highest BCUT2D eigenvalue weighted by molar-refractivity contribution is 6.14. The molecule has 0 spiro atoms. The molecule has 3 rings (SSSR count). The molecule has 0 unspecified atom stereocenters. The molecule has 0 aromatic heterocycles. The van der Waals surface area contributed by atoms with Gasteiger partial charge in [-0.2, -0.15) is 5.26 Å². The number of ether oxygens (including phenoxy) is 1. The molecule has 2 aromatic carbocycles. The molecule has 0 aliphatic carbocycles. The molecule has 1 heterocycles. The first-order valence-corrected chi connectivity index (χ1v) is 8.50. The van der Waals surface area contributed by atoms with Gasteiger partial charge in [0.15, 0.2) is 0 Å². The molecular formula is C21H22N2O. The lowest BCUT2D eigenvalue weighted by Gasteiger charge is -2.24. The van der Waals surface area contributed by atoms with Gasteiger partial charge in [-0.25, -0.2) is 0 Å². The zero-order valence-electron chi connectivity index (χ0n) is 14.2. The summed E-state index contributed by atoms with van der Waals surface area (Å²) in [5.74, 6) is 0.893. The second-order valence-electron chi connectivity index (χ2n) is 6.19. The summed E-state index contributed by atoms with van der Waals surface area (Å²) in [5, 5.41) is 9.00. The molecule has 24 heavy (non-hydrogen) atoms. The van der Waals surface area contributed by atoms with Crippen molar-refractivity contribution in [3.8, 4) is 11.8 Å². The van der Waals surface area contributed by atoms with Crippen molar-refractivity contribution >= 4 is 5.71 Å². The van der Waals surface area contributed by atoms with Crippen molar-refractivity contribution in [3.05, 3.63) is 64.7 Å². The zero-order chi connectivity index (χ0) is 16.9. The van der Waals surface area contributed by atoms with E-state index in [1.807, 2.05) is 30.3 Å². The molecule has 1 aliphatic rings. The quantitative estimate of drug-likeness (QED) is 0.813. The van der Waals surface area contributed by atoms with Crippen molar-refractivity contribution in [1.82, 2.24) is 0 Å². The van der Waals surface area contributed by atoms with Crippen LogP contribution in [0.2, 0.25) is 0 Å². The first kappa shape index (κ1) is 16.3. The molecule has 3 heteroatoms. The summed E-state index contributed by atoms with van der Waals surface area (Å²) in [6, 6.07) is 16.4. The van der Waals surface area contributed by atoms with Crippen LogP contribution in [0.3, 0.4) is 0 Å². The van der Waals surface area contributed by atoms with E-state index in [1.54, 1.807) is 7.11 Å². The molecule has 1 aliphatic heterocycles. The molecule has 0 bridgehead atoms. The number of hydrogen-bond acceptors (Lipinski definition) is 3. The third-order valence-corrected chi connectivity index (χ3v) is 4.51. The fourth-order valence-corrected chi connectivity index (χ4v) is 3.19. The van der Waals surface area contributed by atoms with Crippen LogP contribution < -0.4 is 4.74 Å². The van der Waals surface area contributed by atoms with E-state index in [9.17, 15) is 0 Å². The largest absolute Gasteiger partial charge is 0.497 e. The number of fused-ring (bicyclic) bond motifs is 1. The van der Waals surface area contributed by atoms with Crippen LogP contribution in [0.4, 0.5) is 0 Å². The highest BCUT2D eigenvalue weighted by atomic mass is 16.5. The summed E-state index contributed by atoms with van der Waals surface area (Å²) < 4.78 is 5.39.